The van der Waals surface area contributed by atoms with Gasteiger partial charge in [0.2, 0.25) is 15.9 Å². The molecule has 0 radical (unpaired) electrons. The lowest BCUT2D eigenvalue weighted by atomic mass is 10.1. The molecule has 0 bridgehead atoms. The highest BCUT2D eigenvalue weighted by Crippen LogP contribution is 2.32. The zero-order valence-corrected chi connectivity index (χ0v) is 17.5. The maximum Gasteiger partial charge on any atom is 0.419 e. The Morgan fingerprint density at radius 1 is 1.28 bits per heavy atom. The number of anilines is 1. The number of hydrogen-bond donors (Lipinski definition) is 2. The third-order valence-corrected chi connectivity index (χ3v) is 5.53. The van der Waals surface area contributed by atoms with Gasteiger partial charge >= 0.3 is 6.18 Å². The average Bonchev–Trinajstić information content (AvgIpc) is 3.18. The number of halogens is 4. The van der Waals surface area contributed by atoms with Crippen molar-refractivity contribution in [2.24, 2.45) is 5.14 Å². The van der Waals surface area contributed by atoms with Crippen LogP contribution in [0.4, 0.5) is 18.9 Å². The second-order valence-corrected chi connectivity index (χ2v) is 8.45. The monoisotopic (exact) mass is 483 g/mol. The number of rotatable bonds is 5. The van der Waals surface area contributed by atoms with Gasteiger partial charge in [0, 0.05) is 16.9 Å². The molecule has 1 amide bonds. The minimum Gasteiger partial charge on any atom is -0.326 e. The van der Waals surface area contributed by atoms with Crippen LogP contribution < -0.4 is 10.5 Å². The van der Waals surface area contributed by atoms with Crippen LogP contribution in [0.25, 0.3) is 5.69 Å². The summed E-state index contributed by atoms with van der Waals surface area (Å²) in [4.78, 5) is 11.7. The van der Waals surface area contributed by atoms with E-state index < -0.39 is 38.3 Å². The number of carbonyl (C=O) groups is 1. The van der Waals surface area contributed by atoms with Crippen LogP contribution >= 0.6 is 11.6 Å². The molecule has 1 aromatic heterocycles. The van der Waals surface area contributed by atoms with E-state index in [1.165, 1.54) is 0 Å². The van der Waals surface area contributed by atoms with Gasteiger partial charge in [-0.1, -0.05) is 29.8 Å². The maximum absolute atomic E-state index is 12.9. The van der Waals surface area contributed by atoms with Crippen molar-refractivity contribution < 1.29 is 26.4 Å². The largest absolute Gasteiger partial charge is 0.419 e. The summed E-state index contributed by atoms with van der Waals surface area (Å²) in [6.07, 6.45) is -3.88. The number of sulfonamides is 1. The Balaban J connectivity index is 2.04. The van der Waals surface area contributed by atoms with Gasteiger partial charge in [0.05, 0.1) is 23.7 Å². The lowest BCUT2D eigenvalue weighted by Crippen LogP contribution is -2.19. The Bertz CT molecular complexity index is 1350. The van der Waals surface area contributed by atoms with Crippen molar-refractivity contribution in [1.29, 1.82) is 5.26 Å². The molecule has 0 saturated carbocycles. The predicted molar refractivity (Wildman–Crippen MR) is 108 cm³/mol. The molecule has 0 aliphatic heterocycles. The molecule has 0 unspecified atom stereocenters. The van der Waals surface area contributed by atoms with Crippen molar-refractivity contribution in [1.82, 2.24) is 9.78 Å². The molecule has 3 rings (SSSR count). The lowest BCUT2D eigenvalue weighted by molar-refractivity contribution is -0.137. The third kappa shape index (κ3) is 5.08. The molecule has 166 valence electrons. The van der Waals surface area contributed by atoms with Crippen LogP contribution in [0.2, 0.25) is 5.02 Å². The molecule has 3 aromatic rings. The second kappa shape index (κ2) is 8.62. The predicted octanol–water partition coefficient (Wildman–Crippen LogP) is 3.24. The van der Waals surface area contributed by atoms with Crippen LogP contribution in [0, 0.1) is 11.3 Å². The van der Waals surface area contributed by atoms with Gasteiger partial charge in [-0.25, -0.2) is 18.2 Å². The van der Waals surface area contributed by atoms with Crippen molar-refractivity contribution in [2.45, 2.75) is 17.5 Å². The van der Waals surface area contributed by atoms with Crippen LogP contribution in [0.5, 0.6) is 0 Å². The summed E-state index contributed by atoms with van der Waals surface area (Å²) in [5, 5.41) is 21.0. The summed E-state index contributed by atoms with van der Waals surface area (Å²) in [6, 6.07) is 10.3. The Labute approximate surface area is 185 Å². The zero-order valence-electron chi connectivity index (χ0n) is 15.9. The van der Waals surface area contributed by atoms with Gasteiger partial charge in [-0.2, -0.15) is 23.5 Å². The molecule has 0 aliphatic rings. The molecule has 0 spiro atoms. The Morgan fingerprint density at radius 2 is 1.97 bits per heavy atom. The van der Waals surface area contributed by atoms with Crippen LogP contribution in [0.15, 0.2) is 53.7 Å². The number of nitriles is 1. The first-order chi connectivity index (χ1) is 14.9. The lowest BCUT2D eigenvalue weighted by Gasteiger charge is -2.14. The number of alkyl halides is 3. The van der Waals surface area contributed by atoms with E-state index in [0.29, 0.717) is 27.7 Å². The topological polar surface area (TPSA) is 131 Å². The minimum absolute atomic E-state index is 0.102. The summed E-state index contributed by atoms with van der Waals surface area (Å²) < 4.78 is 63.7. The van der Waals surface area contributed by atoms with Gasteiger partial charge in [-0.05, 0) is 23.8 Å². The van der Waals surface area contributed by atoms with Crippen molar-refractivity contribution >= 4 is 33.2 Å². The summed E-state index contributed by atoms with van der Waals surface area (Å²) in [5.74, 6) is -0.575. The molecule has 1 heterocycles. The molecule has 32 heavy (non-hydrogen) atoms. The smallest absolute Gasteiger partial charge is 0.326 e. The number of nitrogens with one attached hydrogen (secondary N) is 1. The maximum atomic E-state index is 12.9. The molecule has 0 aliphatic carbocycles. The number of nitrogens with two attached hydrogens (primary N) is 1. The van der Waals surface area contributed by atoms with Gasteiger partial charge in [-0.3, -0.25) is 4.79 Å². The van der Waals surface area contributed by atoms with E-state index in [4.69, 9.17) is 16.7 Å². The van der Waals surface area contributed by atoms with Gasteiger partial charge in [-0.15, -0.1) is 0 Å². The van der Waals surface area contributed by atoms with E-state index in [0.717, 1.165) is 12.1 Å². The molecule has 0 saturated heterocycles. The van der Waals surface area contributed by atoms with Crippen LogP contribution in [0.1, 0.15) is 16.7 Å². The van der Waals surface area contributed by atoms with E-state index in [1.807, 2.05) is 0 Å². The van der Waals surface area contributed by atoms with E-state index in [-0.39, 0.29) is 17.7 Å². The van der Waals surface area contributed by atoms with E-state index in [2.05, 4.69) is 10.4 Å². The minimum atomic E-state index is -4.74. The second-order valence-electron chi connectivity index (χ2n) is 6.52. The Hall–Kier alpha value is -3.40. The first-order valence-corrected chi connectivity index (χ1v) is 10.6. The molecular weight excluding hydrogens is 471 g/mol. The Morgan fingerprint density at radius 3 is 2.53 bits per heavy atom. The summed E-state index contributed by atoms with van der Waals surface area (Å²) >= 11 is 6.02. The molecule has 2 aromatic carbocycles. The standard InChI is InChI=1S/C19H13ClF3N5O3S/c20-15-4-2-1-3-11(15)6-17(29)27-14-5-12(8-24)18(16(7-14)32(25,30)31)28-10-13(9-26-28)19(21,22)23/h1-5,7,9-10H,6H2,(H,27,29)(H2,25,30,31). The molecule has 0 fully saturated rings. The summed E-state index contributed by atoms with van der Waals surface area (Å²) in [7, 11) is -4.53. The number of carbonyl (C=O) groups excluding carboxylic acids is 1. The fourth-order valence-corrected chi connectivity index (χ4v) is 3.80. The van der Waals surface area contributed by atoms with E-state index in [1.54, 1.807) is 30.3 Å². The summed E-state index contributed by atoms with van der Waals surface area (Å²) in [6.45, 7) is 0. The molecular formula is C19H13ClF3N5O3S. The van der Waals surface area contributed by atoms with Gasteiger partial charge in [0.1, 0.15) is 16.7 Å². The quantitative estimate of drug-likeness (QED) is 0.575. The van der Waals surface area contributed by atoms with Crippen molar-refractivity contribution in [2.75, 3.05) is 5.32 Å². The zero-order chi connectivity index (χ0) is 23.7. The first kappa shape index (κ1) is 23.3. The third-order valence-electron chi connectivity index (χ3n) is 4.23. The van der Waals surface area contributed by atoms with Crippen LogP contribution in [0.3, 0.4) is 0 Å². The van der Waals surface area contributed by atoms with Crippen LogP contribution in [-0.4, -0.2) is 24.1 Å². The van der Waals surface area contributed by atoms with Crippen LogP contribution in [-0.2, 0) is 27.4 Å². The number of amides is 1. The van der Waals surface area contributed by atoms with Crippen molar-refractivity contribution in [3.8, 4) is 11.8 Å². The first-order valence-electron chi connectivity index (χ1n) is 8.66. The fraction of sp³-hybridized carbons (Fsp3) is 0.105. The van der Waals surface area contributed by atoms with E-state index in [9.17, 15) is 31.6 Å². The van der Waals surface area contributed by atoms with Gasteiger partial charge < -0.3 is 5.32 Å². The van der Waals surface area contributed by atoms with Crippen molar-refractivity contribution in [3.63, 3.8) is 0 Å². The molecule has 8 nitrogen and oxygen atoms in total. The number of benzene rings is 2. The normalized spacial score (nSPS) is 11.8. The number of hydrogen-bond acceptors (Lipinski definition) is 5. The molecule has 3 N–H and O–H groups in total. The average molecular weight is 484 g/mol. The number of aromatic nitrogens is 2. The number of primary sulfonamides is 1. The summed E-state index contributed by atoms with van der Waals surface area (Å²) in [5.41, 5.74) is -1.60. The Kier molecular flexibility index (Phi) is 6.27. The van der Waals surface area contributed by atoms with E-state index >= 15 is 0 Å². The SMILES string of the molecule is N#Cc1cc(NC(=O)Cc2ccccc2Cl)cc(S(N)(=O)=O)c1-n1cc(C(F)(F)F)cn1. The number of nitrogens with zero attached hydrogens (tertiary/aromatic N) is 3. The van der Waals surface area contributed by atoms with Gasteiger partial charge in [0.25, 0.3) is 0 Å². The van der Waals surface area contributed by atoms with Crippen molar-refractivity contribution in [3.05, 3.63) is 70.5 Å². The molecule has 0 atom stereocenters. The molecule has 13 heteroatoms. The fourth-order valence-electron chi connectivity index (χ4n) is 2.83. The highest BCUT2D eigenvalue weighted by atomic mass is 35.5. The highest BCUT2D eigenvalue weighted by molar-refractivity contribution is 7.89. The van der Waals surface area contributed by atoms with Gasteiger partial charge in [0.15, 0.2) is 0 Å². The highest BCUT2D eigenvalue weighted by Gasteiger charge is 2.33.